The maximum Gasteiger partial charge on any atom is 0.341 e. The van der Waals surface area contributed by atoms with Crippen LogP contribution in [0.2, 0.25) is 0 Å². The standard InChI is InChI=1S/C26H29N3O5S/c1-4-18-6-10-24-19(14-18)7-8-21(5-2)29(24)35(31,32)22-9-11-25(23(15-22)26(30)33-3)34-16-20-12-13-27-17-28-20/h6,9-15,17,21H,4-5,7-8,16H2,1-3H3. The minimum absolute atomic E-state index is 0.0122. The van der Waals surface area contributed by atoms with Crippen molar-refractivity contribution in [1.29, 1.82) is 0 Å². The van der Waals surface area contributed by atoms with E-state index in [2.05, 4.69) is 23.0 Å². The van der Waals surface area contributed by atoms with E-state index >= 15 is 0 Å². The zero-order valence-electron chi connectivity index (χ0n) is 20.1. The second-order valence-electron chi connectivity index (χ2n) is 8.36. The highest BCUT2D eigenvalue weighted by atomic mass is 32.2. The normalized spacial score (nSPS) is 15.4. The lowest BCUT2D eigenvalue weighted by Gasteiger charge is -2.37. The van der Waals surface area contributed by atoms with Crippen LogP contribution in [0, 0.1) is 0 Å². The molecule has 0 bridgehead atoms. The summed E-state index contributed by atoms with van der Waals surface area (Å²) in [7, 11) is -2.71. The summed E-state index contributed by atoms with van der Waals surface area (Å²) in [6.45, 7) is 4.16. The van der Waals surface area contributed by atoms with Gasteiger partial charge in [0.1, 0.15) is 24.2 Å². The Bertz CT molecular complexity index is 1310. The Labute approximate surface area is 206 Å². The van der Waals surface area contributed by atoms with Crippen LogP contribution in [0.15, 0.2) is 59.9 Å². The fraction of sp³-hybridized carbons (Fsp3) is 0.346. The molecule has 8 nitrogen and oxygen atoms in total. The van der Waals surface area contributed by atoms with Crippen LogP contribution in [0.4, 0.5) is 5.69 Å². The smallest absolute Gasteiger partial charge is 0.341 e. The fourth-order valence-electron chi connectivity index (χ4n) is 4.34. The maximum atomic E-state index is 13.9. The molecule has 3 aromatic rings. The van der Waals surface area contributed by atoms with E-state index in [9.17, 15) is 13.2 Å². The van der Waals surface area contributed by atoms with Gasteiger partial charge in [0.25, 0.3) is 10.0 Å². The summed E-state index contributed by atoms with van der Waals surface area (Å²) in [4.78, 5) is 20.5. The number of nitrogens with zero attached hydrogens (tertiary/aromatic N) is 3. The Balaban J connectivity index is 1.73. The summed E-state index contributed by atoms with van der Waals surface area (Å²) in [6.07, 6.45) is 6.12. The number of carbonyl (C=O) groups excluding carboxylic acids is 1. The fourth-order valence-corrected chi connectivity index (χ4v) is 6.16. The molecule has 0 saturated heterocycles. The van der Waals surface area contributed by atoms with Crippen molar-refractivity contribution in [3.63, 3.8) is 0 Å². The molecule has 0 saturated carbocycles. The number of methoxy groups -OCH3 is 1. The number of esters is 1. The predicted molar refractivity (Wildman–Crippen MR) is 132 cm³/mol. The number of sulfonamides is 1. The van der Waals surface area contributed by atoms with Gasteiger partial charge in [-0.15, -0.1) is 0 Å². The van der Waals surface area contributed by atoms with Gasteiger partial charge in [-0.05, 0) is 67.1 Å². The zero-order valence-corrected chi connectivity index (χ0v) is 20.9. The van der Waals surface area contributed by atoms with Gasteiger partial charge < -0.3 is 9.47 Å². The molecule has 0 spiro atoms. The zero-order chi connectivity index (χ0) is 25.0. The van der Waals surface area contributed by atoms with Crippen molar-refractivity contribution in [1.82, 2.24) is 9.97 Å². The molecule has 0 aliphatic carbocycles. The minimum Gasteiger partial charge on any atom is -0.486 e. The first-order chi connectivity index (χ1) is 16.9. The van der Waals surface area contributed by atoms with Crippen LogP contribution in [0.5, 0.6) is 5.75 Å². The van der Waals surface area contributed by atoms with Crippen molar-refractivity contribution >= 4 is 21.7 Å². The lowest BCUT2D eigenvalue weighted by Crippen LogP contribution is -2.43. The highest BCUT2D eigenvalue weighted by Crippen LogP contribution is 2.38. The van der Waals surface area contributed by atoms with E-state index in [-0.39, 0.29) is 28.9 Å². The van der Waals surface area contributed by atoms with Crippen LogP contribution in [0.25, 0.3) is 0 Å². The quantitative estimate of drug-likeness (QED) is 0.429. The van der Waals surface area contributed by atoms with Crippen LogP contribution in [0.3, 0.4) is 0 Å². The van der Waals surface area contributed by atoms with E-state index in [1.54, 1.807) is 12.3 Å². The number of hydrogen-bond donors (Lipinski definition) is 0. The van der Waals surface area contributed by atoms with Crippen molar-refractivity contribution in [2.24, 2.45) is 0 Å². The molecular weight excluding hydrogens is 466 g/mol. The van der Waals surface area contributed by atoms with Crippen molar-refractivity contribution < 1.29 is 22.7 Å². The van der Waals surface area contributed by atoms with E-state index in [0.717, 1.165) is 24.8 Å². The number of fused-ring (bicyclic) bond motifs is 1. The molecule has 1 atom stereocenters. The summed E-state index contributed by atoms with van der Waals surface area (Å²) in [5.41, 5.74) is 3.55. The van der Waals surface area contributed by atoms with Crippen molar-refractivity contribution in [3.05, 3.63) is 77.4 Å². The van der Waals surface area contributed by atoms with E-state index in [1.165, 1.54) is 41.5 Å². The molecule has 35 heavy (non-hydrogen) atoms. The Hall–Kier alpha value is -3.46. The van der Waals surface area contributed by atoms with Gasteiger partial charge in [0.05, 0.1) is 23.4 Å². The highest BCUT2D eigenvalue weighted by Gasteiger charge is 2.36. The Morgan fingerprint density at radius 1 is 1.14 bits per heavy atom. The van der Waals surface area contributed by atoms with Crippen molar-refractivity contribution in [3.8, 4) is 5.75 Å². The predicted octanol–water partition coefficient (Wildman–Crippen LogP) is 4.32. The van der Waals surface area contributed by atoms with Gasteiger partial charge >= 0.3 is 5.97 Å². The second-order valence-corrected chi connectivity index (χ2v) is 10.2. The third-order valence-electron chi connectivity index (χ3n) is 6.27. The molecule has 0 fully saturated rings. The van der Waals surface area contributed by atoms with Crippen molar-refractivity contribution in [2.75, 3.05) is 11.4 Å². The summed E-state index contributed by atoms with van der Waals surface area (Å²) in [5.74, 6) is -0.466. The molecule has 4 rings (SSSR count). The molecule has 0 amide bonds. The average Bonchev–Trinajstić information content (AvgIpc) is 2.90. The Morgan fingerprint density at radius 2 is 1.97 bits per heavy atom. The molecule has 1 aromatic heterocycles. The number of aryl methyl sites for hydroxylation is 2. The van der Waals surface area contributed by atoms with Gasteiger partial charge in [0.15, 0.2) is 0 Å². The maximum absolute atomic E-state index is 13.9. The average molecular weight is 496 g/mol. The number of anilines is 1. The molecule has 9 heteroatoms. The number of ether oxygens (including phenoxy) is 2. The molecule has 0 N–H and O–H groups in total. The summed E-state index contributed by atoms with van der Waals surface area (Å²) < 4.78 is 40.1. The van der Waals surface area contributed by atoms with E-state index in [0.29, 0.717) is 17.8 Å². The summed E-state index contributed by atoms with van der Waals surface area (Å²) >= 11 is 0. The number of hydrogen-bond acceptors (Lipinski definition) is 7. The topological polar surface area (TPSA) is 98.7 Å². The summed E-state index contributed by atoms with van der Waals surface area (Å²) in [6, 6.07) is 11.8. The first kappa shape index (κ1) is 24.7. The molecule has 1 aliphatic heterocycles. The lowest BCUT2D eigenvalue weighted by molar-refractivity contribution is 0.0595. The third kappa shape index (κ3) is 5.00. The first-order valence-electron chi connectivity index (χ1n) is 11.6. The van der Waals surface area contributed by atoms with Crippen LogP contribution in [0.1, 0.15) is 53.9 Å². The van der Waals surface area contributed by atoms with Gasteiger partial charge in [-0.2, -0.15) is 0 Å². The van der Waals surface area contributed by atoms with Gasteiger partial charge in [-0.1, -0.05) is 26.0 Å². The van der Waals surface area contributed by atoms with E-state index in [1.807, 2.05) is 19.1 Å². The first-order valence-corrected chi connectivity index (χ1v) is 13.1. The Morgan fingerprint density at radius 3 is 2.66 bits per heavy atom. The lowest BCUT2D eigenvalue weighted by atomic mass is 9.94. The van der Waals surface area contributed by atoms with Gasteiger partial charge in [-0.25, -0.2) is 23.2 Å². The van der Waals surface area contributed by atoms with E-state index in [4.69, 9.17) is 9.47 Å². The van der Waals surface area contributed by atoms with Gasteiger partial charge in [0, 0.05) is 12.2 Å². The molecular formula is C26H29N3O5S. The SMILES string of the molecule is CCc1ccc2c(c1)CCC(CC)N2S(=O)(=O)c1ccc(OCc2ccncn2)c(C(=O)OC)c1. The number of rotatable bonds is 8. The van der Waals surface area contributed by atoms with Crippen LogP contribution in [-0.4, -0.2) is 37.5 Å². The molecule has 1 aliphatic rings. The largest absolute Gasteiger partial charge is 0.486 e. The van der Waals surface area contributed by atoms with Crippen LogP contribution in [-0.2, 0) is 34.2 Å². The van der Waals surface area contributed by atoms with Crippen molar-refractivity contribution in [2.45, 2.75) is 57.1 Å². The van der Waals surface area contributed by atoms with Crippen LogP contribution >= 0.6 is 0 Å². The monoisotopic (exact) mass is 495 g/mol. The minimum atomic E-state index is -3.95. The molecule has 184 valence electrons. The van der Waals surface area contributed by atoms with Gasteiger partial charge in [-0.3, -0.25) is 4.31 Å². The molecule has 0 radical (unpaired) electrons. The highest BCUT2D eigenvalue weighted by molar-refractivity contribution is 7.92. The molecule has 2 aromatic carbocycles. The summed E-state index contributed by atoms with van der Waals surface area (Å²) in [5, 5.41) is 0. The van der Waals surface area contributed by atoms with Crippen LogP contribution < -0.4 is 9.04 Å². The van der Waals surface area contributed by atoms with Gasteiger partial charge in [0.2, 0.25) is 0 Å². The molecule has 2 heterocycles. The number of carbonyl (C=O) groups is 1. The number of benzene rings is 2. The molecule has 1 unspecified atom stereocenters. The van der Waals surface area contributed by atoms with E-state index < -0.39 is 16.0 Å². The second kappa shape index (κ2) is 10.4. The number of aromatic nitrogens is 2. The Kier molecular flexibility index (Phi) is 7.35. The third-order valence-corrected chi connectivity index (χ3v) is 8.13.